The van der Waals surface area contributed by atoms with Crippen LogP contribution in [-0.2, 0) is 0 Å². The first kappa shape index (κ1) is 18.8. The van der Waals surface area contributed by atoms with Gasteiger partial charge < -0.3 is 10.6 Å². The standard InChI is InChI=1S/C17H28Cl2N2/c1-3-5-11-21(12-6-4-2)13-10-16(20)14-8-7-9-15(18)17(14)19/h7-9,16H,3-6,10-13,20H2,1-2H3. The van der Waals surface area contributed by atoms with E-state index < -0.39 is 0 Å². The minimum Gasteiger partial charge on any atom is -0.324 e. The van der Waals surface area contributed by atoms with Gasteiger partial charge in [0.2, 0.25) is 0 Å². The molecule has 1 unspecified atom stereocenters. The second-order valence-corrected chi connectivity index (χ2v) is 6.37. The molecule has 1 rings (SSSR count). The molecular weight excluding hydrogens is 303 g/mol. The molecule has 21 heavy (non-hydrogen) atoms. The fourth-order valence-electron chi connectivity index (χ4n) is 2.38. The molecule has 0 aliphatic heterocycles. The summed E-state index contributed by atoms with van der Waals surface area (Å²) < 4.78 is 0. The second kappa shape index (κ2) is 10.4. The van der Waals surface area contributed by atoms with Gasteiger partial charge in [-0.15, -0.1) is 0 Å². The van der Waals surface area contributed by atoms with Crippen LogP contribution < -0.4 is 5.73 Å². The molecule has 0 radical (unpaired) electrons. The van der Waals surface area contributed by atoms with Gasteiger partial charge >= 0.3 is 0 Å². The molecule has 1 aromatic carbocycles. The van der Waals surface area contributed by atoms with Gasteiger partial charge in [0.15, 0.2) is 0 Å². The summed E-state index contributed by atoms with van der Waals surface area (Å²) in [5.74, 6) is 0. The summed E-state index contributed by atoms with van der Waals surface area (Å²) in [7, 11) is 0. The number of nitrogens with zero attached hydrogens (tertiary/aromatic N) is 1. The van der Waals surface area contributed by atoms with Crippen LogP contribution in [0.5, 0.6) is 0 Å². The number of unbranched alkanes of at least 4 members (excludes halogenated alkanes) is 2. The van der Waals surface area contributed by atoms with Crippen molar-refractivity contribution in [3.05, 3.63) is 33.8 Å². The highest BCUT2D eigenvalue weighted by atomic mass is 35.5. The third kappa shape index (κ3) is 6.56. The molecule has 0 saturated carbocycles. The van der Waals surface area contributed by atoms with Gasteiger partial charge in [0.05, 0.1) is 10.0 Å². The molecule has 0 heterocycles. The van der Waals surface area contributed by atoms with Gasteiger partial charge in [0.25, 0.3) is 0 Å². The maximum absolute atomic E-state index is 6.30. The third-order valence-corrected chi connectivity index (χ3v) is 4.63. The maximum Gasteiger partial charge on any atom is 0.0640 e. The summed E-state index contributed by atoms with van der Waals surface area (Å²) in [5.41, 5.74) is 7.25. The van der Waals surface area contributed by atoms with Gasteiger partial charge in [-0.05, 0) is 50.5 Å². The molecule has 0 saturated heterocycles. The summed E-state index contributed by atoms with van der Waals surface area (Å²) in [5, 5.41) is 1.18. The van der Waals surface area contributed by atoms with Gasteiger partial charge in [-0.3, -0.25) is 0 Å². The van der Waals surface area contributed by atoms with E-state index in [4.69, 9.17) is 28.9 Å². The highest BCUT2D eigenvalue weighted by Gasteiger charge is 2.14. The second-order valence-electron chi connectivity index (χ2n) is 5.59. The Bertz CT molecular complexity index is 402. The molecule has 0 fully saturated rings. The van der Waals surface area contributed by atoms with Crippen LogP contribution in [0.25, 0.3) is 0 Å². The average molecular weight is 331 g/mol. The van der Waals surface area contributed by atoms with Crippen molar-refractivity contribution < 1.29 is 0 Å². The Labute approximate surface area is 139 Å². The third-order valence-electron chi connectivity index (χ3n) is 3.79. The van der Waals surface area contributed by atoms with Gasteiger partial charge in [0, 0.05) is 6.04 Å². The number of halogens is 2. The normalized spacial score (nSPS) is 12.9. The molecule has 0 aliphatic rings. The van der Waals surface area contributed by atoms with Crippen molar-refractivity contribution >= 4 is 23.2 Å². The lowest BCUT2D eigenvalue weighted by molar-refractivity contribution is 0.255. The zero-order valence-electron chi connectivity index (χ0n) is 13.2. The van der Waals surface area contributed by atoms with E-state index in [1.54, 1.807) is 6.07 Å². The quantitative estimate of drug-likeness (QED) is 0.631. The van der Waals surface area contributed by atoms with Crippen LogP contribution in [0.4, 0.5) is 0 Å². The van der Waals surface area contributed by atoms with Gasteiger partial charge in [-0.2, -0.15) is 0 Å². The minimum atomic E-state index is -0.0537. The molecular formula is C17H28Cl2N2. The van der Waals surface area contributed by atoms with Crippen LogP contribution in [0.15, 0.2) is 18.2 Å². The Kier molecular flexibility index (Phi) is 9.34. The summed E-state index contributed by atoms with van der Waals surface area (Å²) in [6.45, 7) is 7.80. The van der Waals surface area contributed by atoms with Crippen molar-refractivity contribution in [2.24, 2.45) is 5.73 Å². The van der Waals surface area contributed by atoms with Crippen LogP contribution >= 0.6 is 23.2 Å². The van der Waals surface area contributed by atoms with Crippen molar-refractivity contribution in [1.29, 1.82) is 0 Å². The number of hydrogen-bond donors (Lipinski definition) is 1. The number of rotatable bonds is 10. The maximum atomic E-state index is 6.30. The monoisotopic (exact) mass is 330 g/mol. The van der Waals surface area contributed by atoms with Crippen LogP contribution in [-0.4, -0.2) is 24.5 Å². The Hall–Kier alpha value is -0.280. The molecule has 4 heteroatoms. The Morgan fingerprint density at radius 3 is 2.24 bits per heavy atom. The van der Waals surface area contributed by atoms with Crippen molar-refractivity contribution in [3.8, 4) is 0 Å². The highest BCUT2D eigenvalue weighted by molar-refractivity contribution is 6.42. The highest BCUT2D eigenvalue weighted by Crippen LogP contribution is 2.30. The molecule has 2 nitrogen and oxygen atoms in total. The molecule has 2 N–H and O–H groups in total. The molecule has 0 bridgehead atoms. The molecule has 120 valence electrons. The van der Waals surface area contributed by atoms with E-state index in [0.717, 1.165) is 31.6 Å². The SMILES string of the molecule is CCCCN(CCCC)CCC(N)c1cccc(Cl)c1Cl. The number of benzene rings is 1. The summed E-state index contributed by atoms with van der Waals surface area (Å²) in [4.78, 5) is 2.52. The first-order valence-corrected chi connectivity index (χ1v) is 8.77. The van der Waals surface area contributed by atoms with E-state index in [1.165, 1.54) is 25.7 Å². The lowest BCUT2D eigenvalue weighted by Gasteiger charge is -2.24. The summed E-state index contributed by atoms with van der Waals surface area (Å²) >= 11 is 12.3. The first-order valence-electron chi connectivity index (χ1n) is 8.02. The average Bonchev–Trinajstić information content (AvgIpc) is 2.49. The molecule has 1 aromatic rings. The molecule has 0 aliphatic carbocycles. The van der Waals surface area contributed by atoms with Crippen LogP contribution in [0.2, 0.25) is 10.0 Å². The van der Waals surface area contributed by atoms with Gasteiger partial charge in [0.1, 0.15) is 0 Å². The number of hydrogen-bond acceptors (Lipinski definition) is 2. The minimum absolute atomic E-state index is 0.0537. The van der Waals surface area contributed by atoms with E-state index in [-0.39, 0.29) is 6.04 Å². The van der Waals surface area contributed by atoms with Crippen LogP contribution in [0, 0.1) is 0 Å². The zero-order chi connectivity index (χ0) is 15.7. The smallest absolute Gasteiger partial charge is 0.0640 e. The van der Waals surface area contributed by atoms with E-state index in [0.29, 0.717) is 10.0 Å². The Balaban J connectivity index is 2.55. The molecule has 0 spiro atoms. The van der Waals surface area contributed by atoms with E-state index in [2.05, 4.69) is 18.7 Å². The first-order chi connectivity index (χ1) is 10.1. The van der Waals surface area contributed by atoms with Gasteiger partial charge in [-0.1, -0.05) is 62.0 Å². The summed E-state index contributed by atoms with van der Waals surface area (Å²) in [6, 6.07) is 5.63. The predicted molar refractivity (Wildman–Crippen MR) is 94.3 cm³/mol. The van der Waals surface area contributed by atoms with Gasteiger partial charge in [-0.25, -0.2) is 0 Å². The molecule has 0 amide bonds. The number of nitrogens with two attached hydrogens (primary N) is 1. The van der Waals surface area contributed by atoms with E-state index in [1.807, 2.05) is 12.1 Å². The van der Waals surface area contributed by atoms with Crippen LogP contribution in [0.1, 0.15) is 57.6 Å². The fraction of sp³-hybridized carbons (Fsp3) is 0.647. The topological polar surface area (TPSA) is 29.3 Å². The van der Waals surface area contributed by atoms with Crippen molar-refractivity contribution in [3.63, 3.8) is 0 Å². The molecule has 0 aromatic heterocycles. The zero-order valence-corrected chi connectivity index (χ0v) is 14.8. The summed E-state index contributed by atoms with van der Waals surface area (Å²) in [6.07, 6.45) is 5.87. The van der Waals surface area contributed by atoms with Crippen molar-refractivity contribution in [2.75, 3.05) is 19.6 Å². The largest absolute Gasteiger partial charge is 0.324 e. The lowest BCUT2D eigenvalue weighted by Crippen LogP contribution is -2.29. The lowest BCUT2D eigenvalue weighted by atomic mass is 10.0. The Morgan fingerprint density at radius 2 is 1.67 bits per heavy atom. The van der Waals surface area contributed by atoms with Crippen molar-refractivity contribution in [1.82, 2.24) is 4.90 Å². The van der Waals surface area contributed by atoms with Crippen LogP contribution in [0.3, 0.4) is 0 Å². The van der Waals surface area contributed by atoms with E-state index >= 15 is 0 Å². The predicted octanol–water partition coefficient (Wildman–Crippen LogP) is 5.29. The molecule has 1 atom stereocenters. The van der Waals surface area contributed by atoms with Crippen molar-refractivity contribution in [2.45, 2.75) is 52.0 Å². The Morgan fingerprint density at radius 1 is 1.05 bits per heavy atom. The van der Waals surface area contributed by atoms with E-state index in [9.17, 15) is 0 Å². The fourth-order valence-corrected chi connectivity index (χ4v) is 2.83.